The van der Waals surface area contributed by atoms with E-state index in [-0.39, 0.29) is 0 Å². The van der Waals surface area contributed by atoms with E-state index in [1.165, 1.54) is 3.57 Å². The van der Waals surface area contributed by atoms with Gasteiger partial charge in [-0.2, -0.15) is 5.10 Å². The Bertz CT molecular complexity index is 280. The number of aromatic nitrogens is 2. The Morgan fingerprint density at radius 3 is 2.92 bits per heavy atom. The highest BCUT2D eigenvalue weighted by atomic mass is 127. The van der Waals surface area contributed by atoms with Crippen molar-refractivity contribution in [3.63, 3.8) is 0 Å². The molecule has 1 aromatic rings. The maximum absolute atomic E-state index is 5.17. The third-order valence-corrected chi connectivity index (χ3v) is 2.60. The van der Waals surface area contributed by atoms with E-state index in [0.29, 0.717) is 5.41 Å². The maximum atomic E-state index is 5.17. The number of ether oxygens (including phenoxy) is 1. The van der Waals surface area contributed by atoms with Crippen molar-refractivity contribution in [3.8, 4) is 0 Å². The first-order valence-electron chi connectivity index (χ1n) is 3.94. The van der Waals surface area contributed by atoms with E-state index in [1.807, 2.05) is 10.9 Å². The number of halogens is 1. The molecular weight excluding hydrogens is 267 g/mol. The summed E-state index contributed by atoms with van der Waals surface area (Å²) >= 11 is 2.27. The summed E-state index contributed by atoms with van der Waals surface area (Å²) in [5.41, 5.74) is 0.315. The van der Waals surface area contributed by atoms with Crippen molar-refractivity contribution in [2.75, 3.05) is 13.2 Å². The van der Waals surface area contributed by atoms with E-state index >= 15 is 0 Å². The highest BCUT2D eigenvalue weighted by molar-refractivity contribution is 14.1. The summed E-state index contributed by atoms with van der Waals surface area (Å²) in [5.74, 6) is 0. The van der Waals surface area contributed by atoms with Crippen molar-refractivity contribution in [1.29, 1.82) is 0 Å². The van der Waals surface area contributed by atoms with Crippen LogP contribution < -0.4 is 0 Å². The zero-order valence-electron chi connectivity index (χ0n) is 6.96. The van der Waals surface area contributed by atoms with Crippen molar-refractivity contribution in [3.05, 3.63) is 16.0 Å². The quantitative estimate of drug-likeness (QED) is 0.767. The van der Waals surface area contributed by atoms with E-state index in [1.54, 1.807) is 0 Å². The predicted molar refractivity (Wildman–Crippen MR) is 53.9 cm³/mol. The van der Waals surface area contributed by atoms with Crippen LogP contribution in [0.25, 0.3) is 0 Å². The highest BCUT2D eigenvalue weighted by Crippen LogP contribution is 2.28. The van der Waals surface area contributed by atoms with Crippen LogP contribution >= 0.6 is 22.6 Å². The highest BCUT2D eigenvalue weighted by Gasteiger charge is 2.33. The van der Waals surface area contributed by atoms with Gasteiger partial charge in [-0.15, -0.1) is 0 Å². The topological polar surface area (TPSA) is 27.1 Å². The molecule has 0 aromatic carbocycles. The SMILES string of the molecule is CC1(Cn2cc(I)cn2)COC1. The predicted octanol–water partition coefficient (Wildman–Crippen LogP) is 1.52. The van der Waals surface area contributed by atoms with Crippen LogP contribution in [0, 0.1) is 8.99 Å². The molecule has 0 saturated carbocycles. The fourth-order valence-corrected chi connectivity index (χ4v) is 1.80. The molecule has 1 aliphatic heterocycles. The normalized spacial score (nSPS) is 20.5. The Labute approximate surface area is 85.2 Å². The van der Waals surface area contributed by atoms with E-state index in [4.69, 9.17) is 4.74 Å². The van der Waals surface area contributed by atoms with Crippen molar-refractivity contribution in [1.82, 2.24) is 9.78 Å². The van der Waals surface area contributed by atoms with Gasteiger partial charge in [0.15, 0.2) is 0 Å². The van der Waals surface area contributed by atoms with Crippen LogP contribution in [0.4, 0.5) is 0 Å². The van der Waals surface area contributed by atoms with Gasteiger partial charge in [-0.3, -0.25) is 4.68 Å². The zero-order chi connectivity index (χ0) is 8.60. The van der Waals surface area contributed by atoms with Gasteiger partial charge in [0.1, 0.15) is 0 Å². The lowest BCUT2D eigenvalue weighted by atomic mass is 9.89. The van der Waals surface area contributed by atoms with Crippen LogP contribution in [0.1, 0.15) is 6.92 Å². The molecule has 0 unspecified atom stereocenters. The second kappa shape index (κ2) is 2.99. The van der Waals surface area contributed by atoms with Crippen LogP contribution in [0.3, 0.4) is 0 Å². The molecule has 3 nitrogen and oxygen atoms in total. The van der Waals surface area contributed by atoms with Crippen molar-refractivity contribution < 1.29 is 4.74 Å². The van der Waals surface area contributed by atoms with Crippen LogP contribution in [0.2, 0.25) is 0 Å². The van der Waals surface area contributed by atoms with Crippen LogP contribution in [0.15, 0.2) is 12.4 Å². The van der Waals surface area contributed by atoms with Gasteiger partial charge in [0.05, 0.1) is 29.5 Å². The van der Waals surface area contributed by atoms with Gasteiger partial charge >= 0.3 is 0 Å². The summed E-state index contributed by atoms with van der Waals surface area (Å²) < 4.78 is 8.36. The van der Waals surface area contributed by atoms with Gasteiger partial charge in [0.2, 0.25) is 0 Å². The van der Waals surface area contributed by atoms with E-state index in [0.717, 1.165) is 19.8 Å². The molecule has 0 atom stereocenters. The van der Waals surface area contributed by atoms with E-state index < -0.39 is 0 Å². The number of nitrogens with zero attached hydrogens (tertiary/aromatic N) is 2. The standard InChI is InChI=1S/C8H11IN2O/c1-8(5-12-6-8)4-11-3-7(9)2-10-11/h2-3H,4-6H2,1H3. The fraction of sp³-hybridized carbons (Fsp3) is 0.625. The van der Waals surface area contributed by atoms with E-state index in [9.17, 15) is 0 Å². The number of hydrogen-bond acceptors (Lipinski definition) is 2. The van der Waals surface area contributed by atoms with Crippen LogP contribution in [-0.4, -0.2) is 23.0 Å². The average Bonchev–Trinajstić information content (AvgIpc) is 2.32. The van der Waals surface area contributed by atoms with Gasteiger partial charge < -0.3 is 4.74 Å². The summed E-state index contributed by atoms with van der Waals surface area (Å²) in [5, 5.41) is 4.24. The molecule has 1 aromatic heterocycles. The molecule has 0 N–H and O–H groups in total. The van der Waals surface area contributed by atoms with Gasteiger partial charge in [0.25, 0.3) is 0 Å². The van der Waals surface area contributed by atoms with Gasteiger partial charge in [-0.05, 0) is 22.6 Å². The summed E-state index contributed by atoms with van der Waals surface area (Å²) in [6, 6.07) is 0. The molecule has 4 heteroatoms. The third kappa shape index (κ3) is 1.64. The number of hydrogen-bond donors (Lipinski definition) is 0. The first-order chi connectivity index (χ1) is 5.68. The summed E-state index contributed by atoms with van der Waals surface area (Å²) in [6.07, 6.45) is 3.94. The second-order valence-electron chi connectivity index (χ2n) is 3.66. The first kappa shape index (κ1) is 8.50. The smallest absolute Gasteiger partial charge is 0.0623 e. The lowest BCUT2D eigenvalue weighted by Gasteiger charge is -2.37. The summed E-state index contributed by atoms with van der Waals surface area (Å²) in [4.78, 5) is 0. The first-order valence-corrected chi connectivity index (χ1v) is 5.02. The van der Waals surface area contributed by atoms with Gasteiger partial charge in [-0.25, -0.2) is 0 Å². The molecular formula is C8H11IN2O. The number of rotatable bonds is 2. The second-order valence-corrected chi connectivity index (χ2v) is 4.91. The van der Waals surface area contributed by atoms with Crippen molar-refractivity contribution in [2.45, 2.75) is 13.5 Å². The molecule has 1 fully saturated rings. The molecule has 0 radical (unpaired) electrons. The van der Waals surface area contributed by atoms with Gasteiger partial charge in [0, 0.05) is 11.6 Å². The molecule has 0 aliphatic carbocycles. The monoisotopic (exact) mass is 278 g/mol. The molecule has 0 spiro atoms. The lowest BCUT2D eigenvalue weighted by molar-refractivity contribution is -0.111. The molecule has 12 heavy (non-hydrogen) atoms. The minimum Gasteiger partial charge on any atom is -0.380 e. The fourth-order valence-electron chi connectivity index (χ4n) is 1.36. The zero-order valence-corrected chi connectivity index (χ0v) is 9.11. The molecule has 2 rings (SSSR count). The van der Waals surface area contributed by atoms with Crippen molar-refractivity contribution >= 4 is 22.6 Å². The molecule has 0 bridgehead atoms. The Hall–Kier alpha value is -0.100. The van der Waals surface area contributed by atoms with Gasteiger partial charge in [-0.1, -0.05) is 6.92 Å². The minimum absolute atomic E-state index is 0.315. The van der Waals surface area contributed by atoms with Crippen LogP contribution in [-0.2, 0) is 11.3 Å². The average molecular weight is 278 g/mol. The van der Waals surface area contributed by atoms with E-state index in [2.05, 4.69) is 40.8 Å². The lowest BCUT2D eigenvalue weighted by Crippen LogP contribution is -2.43. The Balaban J connectivity index is 2.03. The molecule has 1 aliphatic rings. The Morgan fingerprint density at radius 2 is 2.50 bits per heavy atom. The Kier molecular flexibility index (Phi) is 2.12. The maximum Gasteiger partial charge on any atom is 0.0623 e. The minimum atomic E-state index is 0.315. The third-order valence-electron chi connectivity index (χ3n) is 2.05. The largest absolute Gasteiger partial charge is 0.380 e. The Morgan fingerprint density at radius 1 is 1.75 bits per heavy atom. The van der Waals surface area contributed by atoms with Crippen molar-refractivity contribution in [2.24, 2.45) is 5.41 Å². The molecule has 66 valence electrons. The van der Waals surface area contributed by atoms with Crippen LogP contribution in [0.5, 0.6) is 0 Å². The molecule has 1 saturated heterocycles. The summed E-state index contributed by atoms with van der Waals surface area (Å²) in [7, 11) is 0. The molecule has 0 amide bonds. The summed E-state index contributed by atoms with van der Waals surface area (Å²) in [6.45, 7) is 4.92. The molecule has 2 heterocycles.